The fraction of sp³-hybridized carbons (Fsp3) is 0.364. The van der Waals surface area contributed by atoms with Gasteiger partial charge in [0.15, 0.2) is 0 Å². The highest BCUT2D eigenvalue weighted by atomic mass is 35.5. The summed E-state index contributed by atoms with van der Waals surface area (Å²) in [6, 6.07) is 11.6. The quantitative estimate of drug-likeness (QED) is 0.667. The zero-order valence-electron chi connectivity index (χ0n) is 8.00. The Balaban J connectivity index is 0.000000226. The van der Waals surface area contributed by atoms with Gasteiger partial charge in [0.2, 0.25) is 0 Å². The van der Waals surface area contributed by atoms with E-state index in [9.17, 15) is 0 Å². The van der Waals surface area contributed by atoms with Crippen LogP contribution in [0, 0.1) is 17.2 Å². The molecular weight excluding hydrogens is 182 g/mol. The molecule has 2 heteroatoms. The molecule has 13 heavy (non-hydrogen) atoms. The van der Waals surface area contributed by atoms with Crippen molar-refractivity contribution in [1.82, 2.24) is 0 Å². The van der Waals surface area contributed by atoms with Crippen molar-refractivity contribution in [1.29, 1.82) is 5.26 Å². The molecule has 1 rings (SSSR count). The number of nitriles is 1. The summed E-state index contributed by atoms with van der Waals surface area (Å²) in [7, 11) is 0. The van der Waals surface area contributed by atoms with Crippen molar-refractivity contribution in [2.24, 2.45) is 5.92 Å². The van der Waals surface area contributed by atoms with Gasteiger partial charge in [-0.3, -0.25) is 0 Å². The molecule has 0 aliphatic carbocycles. The molecule has 0 bridgehead atoms. The molecule has 0 saturated heterocycles. The van der Waals surface area contributed by atoms with Crippen molar-refractivity contribution in [3.8, 4) is 6.07 Å². The van der Waals surface area contributed by atoms with Crippen LogP contribution in [0.15, 0.2) is 30.3 Å². The molecular formula is C11H14ClN. The maximum atomic E-state index is 8.08. The van der Waals surface area contributed by atoms with Crippen LogP contribution in [0.1, 0.15) is 20.3 Å². The molecule has 0 heterocycles. The van der Waals surface area contributed by atoms with E-state index in [2.05, 4.69) is 6.07 Å². The summed E-state index contributed by atoms with van der Waals surface area (Å²) < 4.78 is 0. The summed E-state index contributed by atoms with van der Waals surface area (Å²) in [5.74, 6) is 0.241. The van der Waals surface area contributed by atoms with Crippen LogP contribution in [0.3, 0.4) is 0 Å². The van der Waals surface area contributed by atoms with Crippen molar-refractivity contribution >= 4 is 11.6 Å². The Bertz CT molecular complexity index is 251. The third-order valence-electron chi connectivity index (χ3n) is 1.57. The third-order valence-corrected chi connectivity index (χ3v) is 1.82. The normalized spacial score (nSPS) is 10.6. The molecule has 0 amide bonds. The molecule has 0 spiro atoms. The summed E-state index contributed by atoms with van der Waals surface area (Å²) in [6.45, 7) is 3.92. The van der Waals surface area contributed by atoms with E-state index in [-0.39, 0.29) is 5.92 Å². The Labute approximate surface area is 85.0 Å². The van der Waals surface area contributed by atoms with Gasteiger partial charge in [-0.25, -0.2) is 0 Å². The number of hydrogen-bond acceptors (Lipinski definition) is 1. The third kappa shape index (κ3) is 7.36. The number of hydrogen-bond donors (Lipinski definition) is 0. The minimum absolute atomic E-state index is 0.241. The van der Waals surface area contributed by atoms with Crippen molar-refractivity contribution in [3.63, 3.8) is 0 Å². The number of benzene rings is 1. The zero-order chi connectivity index (χ0) is 10.1. The summed E-state index contributed by atoms with van der Waals surface area (Å²) in [4.78, 5) is 0. The number of nitrogens with zero attached hydrogens (tertiary/aromatic N) is 1. The van der Waals surface area contributed by atoms with E-state index in [1.807, 2.05) is 44.2 Å². The predicted molar refractivity (Wildman–Crippen MR) is 56.5 cm³/mol. The first kappa shape index (κ1) is 12.0. The molecule has 70 valence electrons. The first-order chi connectivity index (χ1) is 6.20. The molecule has 0 N–H and O–H groups in total. The molecule has 1 atom stereocenters. The lowest BCUT2D eigenvalue weighted by Gasteiger charge is -1.87. The van der Waals surface area contributed by atoms with Crippen LogP contribution in [-0.4, -0.2) is 0 Å². The van der Waals surface area contributed by atoms with Crippen molar-refractivity contribution in [3.05, 3.63) is 35.4 Å². The lowest BCUT2D eigenvalue weighted by atomic mass is 10.2. The molecule has 0 radical (unpaired) electrons. The van der Waals surface area contributed by atoms with Crippen LogP contribution in [-0.2, 0) is 0 Å². The van der Waals surface area contributed by atoms with Gasteiger partial charge in [0.1, 0.15) is 0 Å². The topological polar surface area (TPSA) is 23.8 Å². The number of rotatable bonds is 1. The summed E-state index contributed by atoms with van der Waals surface area (Å²) in [6.07, 6.45) is 0.969. The fourth-order valence-corrected chi connectivity index (χ4v) is 0.651. The Morgan fingerprint density at radius 2 is 1.92 bits per heavy atom. The first-order valence-electron chi connectivity index (χ1n) is 4.30. The van der Waals surface area contributed by atoms with Gasteiger partial charge in [0, 0.05) is 10.9 Å². The minimum Gasteiger partial charge on any atom is -0.198 e. The Kier molecular flexibility index (Phi) is 7.05. The van der Waals surface area contributed by atoms with E-state index in [1.165, 1.54) is 0 Å². The first-order valence-corrected chi connectivity index (χ1v) is 4.68. The molecule has 1 nitrogen and oxygen atoms in total. The van der Waals surface area contributed by atoms with Gasteiger partial charge >= 0.3 is 0 Å². The van der Waals surface area contributed by atoms with Gasteiger partial charge < -0.3 is 0 Å². The van der Waals surface area contributed by atoms with E-state index in [4.69, 9.17) is 16.9 Å². The van der Waals surface area contributed by atoms with E-state index in [0.29, 0.717) is 0 Å². The molecule has 0 saturated carbocycles. The highest BCUT2D eigenvalue weighted by Crippen LogP contribution is 2.03. The van der Waals surface area contributed by atoms with Crippen molar-refractivity contribution in [2.45, 2.75) is 20.3 Å². The molecule has 0 fully saturated rings. The van der Waals surface area contributed by atoms with Gasteiger partial charge in [-0.15, -0.1) is 0 Å². The van der Waals surface area contributed by atoms with Crippen LogP contribution in [0.2, 0.25) is 5.02 Å². The molecule has 1 aromatic rings. The lowest BCUT2D eigenvalue weighted by molar-refractivity contribution is 0.713. The fourth-order valence-electron chi connectivity index (χ4n) is 0.506. The zero-order valence-corrected chi connectivity index (χ0v) is 8.75. The molecule has 0 aliphatic heterocycles. The monoisotopic (exact) mass is 195 g/mol. The highest BCUT2D eigenvalue weighted by molar-refractivity contribution is 6.30. The summed E-state index contributed by atoms with van der Waals surface area (Å²) in [5.41, 5.74) is 0. The average Bonchev–Trinajstić information content (AvgIpc) is 2.19. The summed E-state index contributed by atoms with van der Waals surface area (Å²) in [5, 5.41) is 8.88. The largest absolute Gasteiger partial charge is 0.198 e. The van der Waals surface area contributed by atoms with Gasteiger partial charge in [-0.2, -0.15) is 5.26 Å². The van der Waals surface area contributed by atoms with Crippen LogP contribution in [0.4, 0.5) is 0 Å². The van der Waals surface area contributed by atoms with E-state index < -0.39 is 0 Å². The van der Waals surface area contributed by atoms with Crippen LogP contribution >= 0.6 is 11.6 Å². The molecule has 1 unspecified atom stereocenters. The maximum Gasteiger partial charge on any atom is 0.0652 e. The second-order valence-electron chi connectivity index (χ2n) is 2.73. The Morgan fingerprint density at radius 1 is 1.38 bits per heavy atom. The van der Waals surface area contributed by atoms with Crippen LogP contribution < -0.4 is 0 Å². The maximum absolute atomic E-state index is 8.08. The molecule has 0 aromatic heterocycles. The predicted octanol–water partition coefficient (Wildman–Crippen LogP) is 3.90. The summed E-state index contributed by atoms with van der Waals surface area (Å²) >= 11 is 5.54. The van der Waals surface area contributed by atoms with E-state index in [0.717, 1.165) is 11.4 Å². The second-order valence-corrected chi connectivity index (χ2v) is 3.17. The van der Waals surface area contributed by atoms with Crippen LogP contribution in [0.5, 0.6) is 0 Å². The van der Waals surface area contributed by atoms with Gasteiger partial charge in [0.25, 0.3) is 0 Å². The standard InChI is InChI=1S/C6H5Cl.C5H9N/c7-6-4-2-1-3-5-6;1-3-5(2)4-6/h1-5H;5H,3H2,1-2H3. The second kappa shape index (κ2) is 7.64. The van der Waals surface area contributed by atoms with Crippen LogP contribution in [0.25, 0.3) is 0 Å². The van der Waals surface area contributed by atoms with Crippen molar-refractivity contribution < 1.29 is 0 Å². The van der Waals surface area contributed by atoms with Gasteiger partial charge in [-0.05, 0) is 25.5 Å². The highest BCUT2D eigenvalue weighted by Gasteiger charge is 1.88. The van der Waals surface area contributed by atoms with Crippen molar-refractivity contribution in [2.75, 3.05) is 0 Å². The number of halogens is 1. The van der Waals surface area contributed by atoms with Gasteiger partial charge in [-0.1, -0.05) is 36.7 Å². The molecule has 1 aromatic carbocycles. The average molecular weight is 196 g/mol. The van der Waals surface area contributed by atoms with Gasteiger partial charge in [0.05, 0.1) is 6.07 Å². The SMILES string of the molecule is CCC(C)C#N.Clc1ccccc1. The lowest BCUT2D eigenvalue weighted by Crippen LogP contribution is -1.81. The smallest absolute Gasteiger partial charge is 0.0652 e. The minimum atomic E-state index is 0.241. The molecule has 0 aliphatic rings. The Morgan fingerprint density at radius 3 is 2.08 bits per heavy atom. The Hall–Kier alpha value is -1.00. The van der Waals surface area contributed by atoms with E-state index >= 15 is 0 Å². The van der Waals surface area contributed by atoms with E-state index in [1.54, 1.807) is 0 Å².